The van der Waals surface area contributed by atoms with Crippen LogP contribution in [0.5, 0.6) is 0 Å². The molecule has 4 nitrogen and oxygen atoms in total. The van der Waals surface area contributed by atoms with E-state index in [0.29, 0.717) is 16.1 Å². The maximum Gasteiger partial charge on any atom is 0.266 e. The standard InChI is InChI=1S/C21H15F3N2O2S/c1-10-18-13(12-7-6-11(22)8-15(12)24)9-17(27)26-21(18)29-19(10)20(28)25-16-5-3-2-4-14(16)23/h2-8,13H,9H2,1H3,(H,25,28)(H,26,27)/t13-/m0/s1. The Morgan fingerprint density at radius 3 is 2.62 bits per heavy atom. The number of para-hydroxylation sites is 1. The second-order valence-corrected chi connectivity index (χ2v) is 7.72. The van der Waals surface area contributed by atoms with E-state index in [1.807, 2.05) is 0 Å². The second-order valence-electron chi connectivity index (χ2n) is 6.70. The van der Waals surface area contributed by atoms with Crippen LogP contribution in [0, 0.1) is 24.4 Å². The molecule has 1 aliphatic heterocycles. The van der Waals surface area contributed by atoms with E-state index < -0.39 is 29.3 Å². The van der Waals surface area contributed by atoms with Gasteiger partial charge in [-0.2, -0.15) is 0 Å². The highest BCUT2D eigenvalue weighted by atomic mass is 32.1. The lowest BCUT2D eigenvalue weighted by Gasteiger charge is -2.24. The van der Waals surface area contributed by atoms with Crippen LogP contribution in [0.4, 0.5) is 23.9 Å². The third kappa shape index (κ3) is 3.51. The number of amides is 2. The van der Waals surface area contributed by atoms with Crippen molar-refractivity contribution in [2.45, 2.75) is 19.3 Å². The molecular formula is C21H15F3N2O2S. The minimum absolute atomic E-state index is 0.0263. The Kier molecular flexibility index (Phi) is 4.87. The quantitative estimate of drug-likeness (QED) is 0.617. The first kappa shape index (κ1) is 19.2. The van der Waals surface area contributed by atoms with Crippen LogP contribution in [-0.2, 0) is 4.79 Å². The monoisotopic (exact) mass is 416 g/mol. The molecule has 2 amide bonds. The number of rotatable bonds is 3. The molecule has 0 unspecified atom stereocenters. The Bertz CT molecular complexity index is 1140. The molecule has 1 aromatic heterocycles. The Labute approximate surface area is 168 Å². The zero-order valence-corrected chi connectivity index (χ0v) is 16.0. The average molecular weight is 416 g/mol. The Hall–Kier alpha value is -3.13. The van der Waals surface area contributed by atoms with E-state index in [1.54, 1.807) is 13.0 Å². The van der Waals surface area contributed by atoms with E-state index in [9.17, 15) is 22.8 Å². The molecule has 0 fully saturated rings. The van der Waals surface area contributed by atoms with Crippen LogP contribution >= 0.6 is 11.3 Å². The molecule has 2 N–H and O–H groups in total. The first-order chi connectivity index (χ1) is 13.8. The van der Waals surface area contributed by atoms with Gasteiger partial charge in [0.2, 0.25) is 5.91 Å². The molecule has 1 atom stereocenters. The van der Waals surface area contributed by atoms with Crippen LogP contribution in [0.25, 0.3) is 0 Å². The summed E-state index contributed by atoms with van der Waals surface area (Å²) in [7, 11) is 0. The maximum atomic E-state index is 14.4. The highest BCUT2D eigenvalue weighted by Gasteiger charge is 2.34. The van der Waals surface area contributed by atoms with Gasteiger partial charge < -0.3 is 10.6 Å². The summed E-state index contributed by atoms with van der Waals surface area (Å²) >= 11 is 1.04. The van der Waals surface area contributed by atoms with Gasteiger partial charge in [0.05, 0.1) is 15.6 Å². The van der Waals surface area contributed by atoms with E-state index in [2.05, 4.69) is 10.6 Å². The van der Waals surface area contributed by atoms with Crippen LogP contribution in [0.15, 0.2) is 42.5 Å². The molecule has 29 heavy (non-hydrogen) atoms. The molecule has 8 heteroatoms. The number of thiophene rings is 1. The van der Waals surface area contributed by atoms with Crippen LogP contribution in [-0.4, -0.2) is 11.8 Å². The number of carbonyl (C=O) groups excluding carboxylic acids is 2. The zero-order chi connectivity index (χ0) is 20.7. The molecule has 1 aliphatic rings. The lowest BCUT2D eigenvalue weighted by atomic mass is 9.84. The fourth-order valence-corrected chi connectivity index (χ4v) is 4.69. The minimum atomic E-state index is -0.751. The van der Waals surface area contributed by atoms with Crippen LogP contribution in [0.1, 0.15) is 38.7 Å². The molecule has 3 aromatic rings. The van der Waals surface area contributed by atoms with E-state index in [4.69, 9.17) is 0 Å². The summed E-state index contributed by atoms with van der Waals surface area (Å²) in [5.41, 5.74) is 1.39. The lowest BCUT2D eigenvalue weighted by Crippen LogP contribution is -2.23. The third-order valence-electron chi connectivity index (χ3n) is 4.85. The van der Waals surface area contributed by atoms with Crippen molar-refractivity contribution >= 4 is 33.8 Å². The molecule has 0 radical (unpaired) electrons. The number of fused-ring (bicyclic) bond motifs is 1. The number of nitrogens with one attached hydrogen (secondary N) is 2. The SMILES string of the molecule is Cc1c(C(=O)Nc2ccccc2F)sc2c1[C@H](c1ccc(F)cc1F)CC(=O)N2. The number of benzene rings is 2. The van der Waals surface area contributed by atoms with Gasteiger partial charge in [0.25, 0.3) is 5.91 Å². The van der Waals surface area contributed by atoms with Gasteiger partial charge in [-0.15, -0.1) is 11.3 Å². The predicted octanol–water partition coefficient (Wildman–Crippen LogP) is 5.20. The molecule has 0 spiro atoms. The largest absolute Gasteiger partial charge is 0.319 e. The van der Waals surface area contributed by atoms with Gasteiger partial charge in [0.15, 0.2) is 0 Å². The van der Waals surface area contributed by atoms with Gasteiger partial charge in [0, 0.05) is 18.4 Å². The first-order valence-corrected chi connectivity index (χ1v) is 9.60. The smallest absolute Gasteiger partial charge is 0.266 e. The predicted molar refractivity (Wildman–Crippen MR) is 105 cm³/mol. The number of hydrogen-bond donors (Lipinski definition) is 2. The Balaban J connectivity index is 1.75. The normalized spacial score (nSPS) is 15.6. The van der Waals surface area contributed by atoms with Gasteiger partial charge in [-0.25, -0.2) is 13.2 Å². The van der Waals surface area contributed by atoms with E-state index in [-0.39, 0.29) is 28.5 Å². The van der Waals surface area contributed by atoms with Crippen molar-refractivity contribution in [3.63, 3.8) is 0 Å². The molecule has 148 valence electrons. The summed E-state index contributed by atoms with van der Waals surface area (Å²) in [5, 5.41) is 5.67. The fraction of sp³-hybridized carbons (Fsp3) is 0.143. The van der Waals surface area contributed by atoms with Crippen LogP contribution < -0.4 is 10.6 Å². The molecule has 2 aromatic carbocycles. The van der Waals surface area contributed by atoms with Gasteiger partial charge in [0.1, 0.15) is 17.5 Å². The number of hydrogen-bond acceptors (Lipinski definition) is 3. The van der Waals surface area contributed by atoms with Crippen LogP contribution in [0.2, 0.25) is 0 Å². The molecule has 0 saturated heterocycles. The van der Waals surface area contributed by atoms with Crippen molar-refractivity contribution in [1.29, 1.82) is 0 Å². The Morgan fingerprint density at radius 2 is 1.90 bits per heavy atom. The number of halogens is 3. The molecule has 0 saturated carbocycles. The summed E-state index contributed by atoms with van der Waals surface area (Å²) in [4.78, 5) is 25.2. The van der Waals surface area contributed by atoms with E-state index >= 15 is 0 Å². The summed E-state index contributed by atoms with van der Waals surface area (Å²) in [6, 6.07) is 9.00. The van der Waals surface area contributed by atoms with Crippen molar-refractivity contribution in [3.05, 3.63) is 81.5 Å². The van der Waals surface area contributed by atoms with Gasteiger partial charge >= 0.3 is 0 Å². The van der Waals surface area contributed by atoms with E-state index in [0.717, 1.165) is 23.5 Å². The first-order valence-electron chi connectivity index (χ1n) is 8.79. The summed E-state index contributed by atoms with van der Waals surface area (Å²) < 4.78 is 41.6. The van der Waals surface area contributed by atoms with Gasteiger partial charge in [-0.3, -0.25) is 9.59 Å². The van der Waals surface area contributed by atoms with E-state index in [1.165, 1.54) is 24.3 Å². The molecule has 0 bridgehead atoms. The second kappa shape index (κ2) is 7.36. The topological polar surface area (TPSA) is 58.2 Å². The Morgan fingerprint density at radius 1 is 1.14 bits per heavy atom. The summed E-state index contributed by atoms with van der Waals surface area (Å²) in [5.74, 6) is -3.53. The van der Waals surface area contributed by atoms with Crippen LogP contribution in [0.3, 0.4) is 0 Å². The minimum Gasteiger partial charge on any atom is -0.319 e. The highest BCUT2D eigenvalue weighted by Crippen LogP contribution is 2.45. The van der Waals surface area contributed by atoms with Crippen molar-refractivity contribution < 1.29 is 22.8 Å². The van der Waals surface area contributed by atoms with Crippen molar-refractivity contribution in [2.75, 3.05) is 10.6 Å². The maximum absolute atomic E-state index is 14.4. The summed E-state index contributed by atoms with van der Waals surface area (Å²) in [6.45, 7) is 1.69. The van der Waals surface area contributed by atoms with Crippen molar-refractivity contribution in [2.24, 2.45) is 0 Å². The van der Waals surface area contributed by atoms with Crippen molar-refractivity contribution in [1.82, 2.24) is 0 Å². The zero-order valence-electron chi connectivity index (χ0n) is 15.2. The number of anilines is 2. The third-order valence-corrected chi connectivity index (χ3v) is 6.07. The molecular weight excluding hydrogens is 401 g/mol. The average Bonchev–Trinajstić information content (AvgIpc) is 2.99. The number of carbonyl (C=O) groups is 2. The van der Waals surface area contributed by atoms with Gasteiger partial charge in [-0.1, -0.05) is 18.2 Å². The van der Waals surface area contributed by atoms with Gasteiger partial charge in [-0.05, 0) is 41.8 Å². The highest BCUT2D eigenvalue weighted by molar-refractivity contribution is 7.18. The van der Waals surface area contributed by atoms with Crippen molar-refractivity contribution in [3.8, 4) is 0 Å². The fourth-order valence-electron chi connectivity index (χ4n) is 3.51. The molecule has 2 heterocycles. The summed E-state index contributed by atoms with van der Waals surface area (Å²) in [6.07, 6.45) is -0.0263. The lowest BCUT2D eigenvalue weighted by molar-refractivity contribution is -0.116. The molecule has 0 aliphatic carbocycles. The molecule has 4 rings (SSSR count).